The molecule has 5 heteroatoms. The van der Waals surface area contributed by atoms with Crippen LogP contribution in [0.25, 0.3) is 0 Å². The topological polar surface area (TPSA) is 61.4 Å². The molecule has 0 radical (unpaired) electrons. The summed E-state index contributed by atoms with van der Waals surface area (Å²) in [6, 6.07) is -0.121. The molecule has 0 aromatic rings. The van der Waals surface area contributed by atoms with Crippen molar-refractivity contribution in [2.45, 2.75) is 26.7 Å². The molecule has 0 heterocycles. The van der Waals surface area contributed by atoms with E-state index in [1.54, 1.807) is 21.0 Å². The normalized spacial score (nSPS) is 11.8. The van der Waals surface area contributed by atoms with Crippen molar-refractivity contribution >= 4 is 11.9 Å². The van der Waals surface area contributed by atoms with Crippen molar-refractivity contribution in [2.75, 3.05) is 27.2 Å². The fourth-order valence-corrected chi connectivity index (χ4v) is 1.33. The van der Waals surface area contributed by atoms with Crippen LogP contribution in [0, 0.1) is 5.92 Å². The Hall–Kier alpha value is -1.26. The maximum absolute atomic E-state index is 11.5. The Morgan fingerprint density at radius 1 is 1.38 bits per heavy atom. The van der Waals surface area contributed by atoms with Gasteiger partial charge in [0.15, 0.2) is 0 Å². The molecule has 5 nitrogen and oxygen atoms in total. The van der Waals surface area contributed by atoms with Crippen molar-refractivity contribution < 1.29 is 9.59 Å². The highest BCUT2D eigenvalue weighted by atomic mass is 16.2. The second-order valence-corrected chi connectivity index (χ2v) is 3.98. The van der Waals surface area contributed by atoms with Crippen molar-refractivity contribution in [3.05, 3.63) is 0 Å². The number of nitrogens with one attached hydrogen (secondary N) is 2. The lowest BCUT2D eigenvalue weighted by Gasteiger charge is -2.21. The average Bonchev–Trinajstić information content (AvgIpc) is 2.27. The van der Waals surface area contributed by atoms with E-state index >= 15 is 0 Å². The van der Waals surface area contributed by atoms with Crippen LogP contribution in [0.4, 0.5) is 4.79 Å². The molecule has 0 bridgehead atoms. The van der Waals surface area contributed by atoms with Crippen LogP contribution in [0.15, 0.2) is 0 Å². The fourth-order valence-electron chi connectivity index (χ4n) is 1.33. The largest absolute Gasteiger partial charge is 0.359 e. The molecular weight excluding hydrogens is 206 g/mol. The van der Waals surface area contributed by atoms with Crippen LogP contribution in [0.2, 0.25) is 0 Å². The van der Waals surface area contributed by atoms with E-state index in [4.69, 9.17) is 0 Å². The lowest BCUT2D eigenvalue weighted by molar-refractivity contribution is -0.124. The van der Waals surface area contributed by atoms with E-state index in [1.165, 1.54) is 4.90 Å². The van der Waals surface area contributed by atoms with Crippen LogP contribution in [-0.4, -0.2) is 44.0 Å². The van der Waals surface area contributed by atoms with Gasteiger partial charge in [-0.25, -0.2) is 4.79 Å². The van der Waals surface area contributed by atoms with Gasteiger partial charge in [-0.3, -0.25) is 4.79 Å². The molecular formula is C11H23N3O2. The molecule has 0 rings (SSSR count). The first-order valence-corrected chi connectivity index (χ1v) is 5.73. The van der Waals surface area contributed by atoms with E-state index in [9.17, 15) is 9.59 Å². The van der Waals surface area contributed by atoms with Crippen molar-refractivity contribution in [1.29, 1.82) is 0 Å². The molecule has 0 saturated heterocycles. The first-order valence-electron chi connectivity index (χ1n) is 5.73. The highest BCUT2D eigenvalue weighted by Gasteiger charge is 2.16. The zero-order valence-electron chi connectivity index (χ0n) is 10.7. The minimum Gasteiger partial charge on any atom is -0.359 e. The van der Waals surface area contributed by atoms with Gasteiger partial charge in [0.05, 0.1) is 5.92 Å². The Kier molecular flexibility index (Phi) is 7.33. The zero-order chi connectivity index (χ0) is 12.6. The molecule has 0 aliphatic carbocycles. The predicted octanol–water partition coefficient (Wildman–Crippen LogP) is 0.810. The second kappa shape index (κ2) is 7.96. The maximum atomic E-state index is 11.5. The van der Waals surface area contributed by atoms with Gasteiger partial charge < -0.3 is 15.5 Å². The van der Waals surface area contributed by atoms with E-state index in [2.05, 4.69) is 17.6 Å². The number of nitrogens with zero attached hydrogens (tertiary/aromatic N) is 1. The second-order valence-electron chi connectivity index (χ2n) is 3.98. The third-order valence-corrected chi connectivity index (χ3v) is 2.39. The van der Waals surface area contributed by atoms with E-state index in [0.29, 0.717) is 13.1 Å². The van der Waals surface area contributed by atoms with Crippen molar-refractivity contribution in [2.24, 2.45) is 5.92 Å². The number of rotatable bonds is 6. The van der Waals surface area contributed by atoms with Crippen LogP contribution < -0.4 is 10.6 Å². The van der Waals surface area contributed by atoms with Gasteiger partial charge in [0, 0.05) is 27.2 Å². The van der Waals surface area contributed by atoms with Gasteiger partial charge in [0.2, 0.25) is 5.91 Å². The Morgan fingerprint density at radius 2 is 2.00 bits per heavy atom. The fraction of sp³-hybridized carbons (Fsp3) is 0.818. The summed E-state index contributed by atoms with van der Waals surface area (Å²) in [5.74, 6) is -0.236. The van der Waals surface area contributed by atoms with Gasteiger partial charge in [-0.05, 0) is 6.42 Å². The van der Waals surface area contributed by atoms with Gasteiger partial charge in [-0.2, -0.15) is 0 Å². The Morgan fingerprint density at radius 3 is 2.50 bits per heavy atom. The summed E-state index contributed by atoms with van der Waals surface area (Å²) in [6.07, 6.45) is 2.03. The minimum absolute atomic E-state index is 0.0480. The van der Waals surface area contributed by atoms with Crippen LogP contribution in [0.5, 0.6) is 0 Å². The first kappa shape index (κ1) is 14.7. The number of urea groups is 1. The SMILES string of the molecule is CCCCNC(=O)N(C)C[C@@H](C)C(=O)NC. The molecule has 0 aromatic carbocycles. The molecule has 16 heavy (non-hydrogen) atoms. The Labute approximate surface area is 97.6 Å². The number of carbonyl (C=O) groups is 2. The molecule has 0 saturated carbocycles. The summed E-state index contributed by atoms with van der Waals surface area (Å²) in [6.45, 7) is 4.99. The van der Waals surface area contributed by atoms with Gasteiger partial charge in [0.1, 0.15) is 0 Å². The van der Waals surface area contributed by atoms with E-state index in [0.717, 1.165) is 12.8 Å². The molecule has 3 amide bonds. The number of carbonyl (C=O) groups excluding carboxylic acids is 2. The van der Waals surface area contributed by atoms with Crippen molar-refractivity contribution in [3.8, 4) is 0 Å². The molecule has 94 valence electrons. The molecule has 0 spiro atoms. The zero-order valence-corrected chi connectivity index (χ0v) is 10.7. The van der Waals surface area contributed by atoms with Crippen LogP contribution in [0.1, 0.15) is 26.7 Å². The lowest BCUT2D eigenvalue weighted by Crippen LogP contribution is -2.42. The predicted molar refractivity (Wildman–Crippen MR) is 64.2 cm³/mol. The summed E-state index contributed by atoms with van der Waals surface area (Å²) in [5.41, 5.74) is 0. The monoisotopic (exact) mass is 229 g/mol. The summed E-state index contributed by atoms with van der Waals surface area (Å²) >= 11 is 0. The van der Waals surface area contributed by atoms with Crippen LogP contribution >= 0.6 is 0 Å². The smallest absolute Gasteiger partial charge is 0.317 e. The molecule has 1 atom stereocenters. The number of hydrogen-bond acceptors (Lipinski definition) is 2. The first-order chi connectivity index (χ1) is 7.52. The molecule has 0 aliphatic rings. The number of amides is 3. The quantitative estimate of drug-likeness (QED) is 0.662. The number of unbranched alkanes of at least 4 members (excludes halogenated alkanes) is 1. The summed E-state index contributed by atoms with van der Waals surface area (Å²) in [4.78, 5) is 24.3. The number of hydrogen-bond donors (Lipinski definition) is 2. The van der Waals surface area contributed by atoms with Crippen molar-refractivity contribution in [3.63, 3.8) is 0 Å². The minimum atomic E-state index is -0.188. The average molecular weight is 229 g/mol. The molecule has 2 N–H and O–H groups in total. The molecule has 0 aliphatic heterocycles. The molecule has 0 fully saturated rings. The van der Waals surface area contributed by atoms with Crippen LogP contribution in [-0.2, 0) is 4.79 Å². The van der Waals surface area contributed by atoms with Gasteiger partial charge in [-0.1, -0.05) is 20.3 Å². The van der Waals surface area contributed by atoms with E-state index in [-0.39, 0.29) is 17.9 Å². The highest BCUT2D eigenvalue weighted by molar-refractivity contribution is 5.79. The summed E-state index contributed by atoms with van der Waals surface area (Å²) in [7, 11) is 3.29. The summed E-state index contributed by atoms with van der Waals surface area (Å²) in [5, 5.41) is 5.36. The summed E-state index contributed by atoms with van der Waals surface area (Å²) < 4.78 is 0. The third-order valence-electron chi connectivity index (χ3n) is 2.39. The van der Waals surface area contributed by atoms with Gasteiger partial charge in [-0.15, -0.1) is 0 Å². The van der Waals surface area contributed by atoms with E-state index < -0.39 is 0 Å². The lowest BCUT2D eigenvalue weighted by atomic mass is 10.1. The van der Waals surface area contributed by atoms with Gasteiger partial charge in [0.25, 0.3) is 0 Å². The Bertz CT molecular complexity index is 231. The van der Waals surface area contributed by atoms with Gasteiger partial charge >= 0.3 is 6.03 Å². The van der Waals surface area contributed by atoms with Crippen LogP contribution in [0.3, 0.4) is 0 Å². The standard InChI is InChI=1S/C11H23N3O2/c1-5-6-7-13-11(16)14(4)8-9(2)10(15)12-3/h9H,5-8H2,1-4H3,(H,12,15)(H,13,16)/t9-/m1/s1. The Balaban J connectivity index is 3.90. The third kappa shape index (κ3) is 5.58. The van der Waals surface area contributed by atoms with Crippen molar-refractivity contribution in [1.82, 2.24) is 15.5 Å². The van der Waals surface area contributed by atoms with E-state index in [1.807, 2.05) is 0 Å². The highest BCUT2D eigenvalue weighted by Crippen LogP contribution is 1.98. The molecule has 0 unspecified atom stereocenters. The maximum Gasteiger partial charge on any atom is 0.317 e. The molecule has 0 aromatic heterocycles.